The largest absolute Gasteiger partial charge is 0.483 e. The van der Waals surface area contributed by atoms with Crippen LogP contribution >= 0.6 is 15.9 Å². The number of halogens is 1. The number of carbonyl (C=O) groups is 2. The van der Waals surface area contributed by atoms with E-state index >= 15 is 0 Å². The molecule has 0 fully saturated rings. The number of aryl methyl sites for hydroxylation is 1. The second-order valence-electron chi connectivity index (χ2n) is 9.50. The SMILES string of the molecule is Cc1ccccc1CN(C(=O)COc1ccc(C(C)C)cc1Br)[C@H](C)C(=O)NC(C)(C)C. The van der Waals surface area contributed by atoms with Gasteiger partial charge in [-0.2, -0.15) is 0 Å². The van der Waals surface area contributed by atoms with E-state index < -0.39 is 6.04 Å². The third kappa shape index (κ3) is 7.37. The van der Waals surface area contributed by atoms with Gasteiger partial charge in [-0.3, -0.25) is 9.59 Å². The van der Waals surface area contributed by atoms with Crippen molar-refractivity contribution in [1.82, 2.24) is 10.2 Å². The Morgan fingerprint density at radius 3 is 2.31 bits per heavy atom. The van der Waals surface area contributed by atoms with Crippen molar-refractivity contribution in [1.29, 1.82) is 0 Å². The first-order chi connectivity index (χ1) is 14.9. The molecule has 1 N–H and O–H groups in total. The highest BCUT2D eigenvalue weighted by Crippen LogP contribution is 2.29. The van der Waals surface area contributed by atoms with E-state index in [0.717, 1.165) is 15.6 Å². The highest BCUT2D eigenvalue weighted by Gasteiger charge is 2.29. The molecule has 0 heterocycles. The van der Waals surface area contributed by atoms with Crippen molar-refractivity contribution in [2.45, 2.75) is 72.5 Å². The first-order valence-corrected chi connectivity index (χ1v) is 11.8. The minimum Gasteiger partial charge on any atom is -0.483 e. The average Bonchev–Trinajstić information content (AvgIpc) is 2.70. The molecule has 0 saturated heterocycles. The van der Waals surface area contributed by atoms with Gasteiger partial charge in [-0.15, -0.1) is 0 Å². The summed E-state index contributed by atoms with van der Waals surface area (Å²) in [4.78, 5) is 27.7. The van der Waals surface area contributed by atoms with Crippen LogP contribution in [-0.4, -0.2) is 34.9 Å². The van der Waals surface area contributed by atoms with Gasteiger partial charge in [-0.1, -0.05) is 44.2 Å². The smallest absolute Gasteiger partial charge is 0.261 e. The predicted octanol–water partition coefficient (Wildman–Crippen LogP) is 5.59. The standard InChI is InChI=1S/C26H35BrN2O3/c1-17(2)20-12-13-23(22(27)14-20)32-16-24(30)29(15-21-11-9-8-10-18(21)3)19(4)25(31)28-26(5,6)7/h8-14,17,19H,15-16H2,1-7H3,(H,28,31)/t19-/m1/s1. The first kappa shape index (κ1) is 25.9. The molecule has 2 aromatic carbocycles. The molecule has 0 aliphatic rings. The zero-order valence-electron chi connectivity index (χ0n) is 20.2. The molecule has 0 spiro atoms. The minimum atomic E-state index is -0.642. The van der Waals surface area contributed by atoms with Crippen LogP contribution in [0.5, 0.6) is 5.75 Å². The van der Waals surface area contributed by atoms with E-state index in [2.05, 4.69) is 35.1 Å². The molecule has 0 bridgehead atoms. The summed E-state index contributed by atoms with van der Waals surface area (Å²) in [5.41, 5.74) is 2.87. The summed E-state index contributed by atoms with van der Waals surface area (Å²) >= 11 is 3.54. The molecule has 32 heavy (non-hydrogen) atoms. The van der Waals surface area contributed by atoms with Gasteiger partial charge in [0, 0.05) is 12.1 Å². The lowest BCUT2D eigenvalue weighted by Crippen LogP contribution is -2.53. The number of hydrogen-bond donors (Lipinski definition) is 1. The summed E-state index contributed by atoms with van der Waals surface area (Å²) < 4.78 is 6.65. The maximum atomic E-state index is 13.2. The van der Waals surface area contributed by atoms with Crippen molar-refractivity contribution < 1.29 is 14.3 Å². The number of nitrogens with one attached hydrogen (secondary N) is 1. The van der Waals surface area contributed by atoms with Crippen LogP contribution in [0.25, 0.3) is 0 Å². The molecule has 0 aliphatic heterocycles. The van der Waals surface area contributed by atoms with E-state index in [-0.39, 0.29) is 24.0 Å². The van der Waals surface area contributed by atoms with Crippen molar-refractivity contribution in [2.24, 2.45) is 0 Å². The monoisotopic (exact) mass is 502 g/mol. The molecular weight excluding hydrogens is 468 g/mol. The van der Waals surface area contributed by atoms with E-state index in [9.17, 15) is 9.59 Å². The van der Waals surface area contributed by atoms with Gasteiger partial charge in [0.15, 0.2) is 6.61 Å². The molecule has 2 rings (SSSR count). The third-order valence-corrected chi connectivity index (χ3v) is 5.86. The summed E-state index contributed by atoms with van der Waals surface area (Å²) in [5, 5.41) is 2.97. The van der Waals surface area contributed by atoms with Crippen LogP contribution in [0.1, 0.15) is 64.2 Å². The Morgan fingerprint density at radius 2 is 1.75 bits per heavy atom. The van der Waals surface area contributed by atoms with Gasteiger partial charge < -0.3 is 15.0 Å². The number of benzene rings is 2. The van der Waals surface area contributed by atoms with Crippen molar-refractivity contribution in [3.63, 3.8) is 0 Å². The summed E-state index contributed by atoms with van der Waals surface area (Å²) in [7, 11) is 0. The lowest BCUT2D eigenvalue weighted by Gasteiger charge is -2.31. The van der Waals surface area contributed by atoms with Gasteiger partial charge in [-0.25, -0.2) is 0 Å². The van der Waals surface area contributed by atoms with Crippen LogP contribution in [0.4, 0.5) is 0 Å². The van der Waals surface area contributed by atoms with Gasteiger partial charge >= 0.3 is 0 Å². The van der Waals surface area contributed by atoms with Gasteiger partial charge in [-0.05, 0) is 85.3 Å². The van der Waals surface area contributed by atoms with Crippen molar-refractivity contribution in [2.75, 3.05) is 6.61 Å². The zero-order valence-corrected chi connectivity index (χ0v) is 21.7. The molecule has 174 valence electrons. The van der Waals surface area contributed by atoms with E-state index in [0.29, 0.717) is 18.2 Å². The fourth-order valence-corrected chi connectivity index (χ4v) is 3.75. The molecule has 0 aromatic heterocycles. The summed E-state index contributed by atoms with van der Waals surface area (Å²) in [6.07, 6.45) is 0. The van der Waals surface area contributed by atoms with Crippen molar-refractivity contribution in [3.8, 4) is 5.75 Å². The fourth-order valence-electron chi connectivity index (χ4n) is 3.24. The molecule has 1 atom stereocenters. The number of rotatable bonds is 8. The maximum absolute atomic E-state index is 13.2. The summed E-state index contributed by atoms with van der Waals surface area (Å²) in [6.45, 7) is 14.0. The normalized spacial score (nSPS) is 12.4. The van der Waals surface area contributed by atoms with Crippen LogP contribution in [0.15, 0.2) is 46.9 Å². The van der Waals surface area contributed by atoms with Gasteiger partial charge in [0.1, 0.15) is 11.8 Å². The Bertz CT molecular complexity index is 950. The molecule has 0 unspecified atom stereocenters. The van der Waals surface area contributed by atoms with Crippen molar-refractivity contribution >= 4 is 27.7 Å². The predicted molar refractivity (Wildman–Crippen MR) is 133 cm³/mol. The van der Waals surface area contributed by atoms with Crippen LogP contribution in [-0.2, 0) is 16.1 Å². The Kier molecular flexibility index (Phi) is 8.90. The Morgan fingerprint density at radius 1 is 1.09 bits per heavy atom. The molecule has 2 aromatic rings. The lowest BCUT2D eigenvalue weighted by molar-refractivity contribution is -0.142. The second-order valence-corrected chi connectivity index (χ2v) is 10.4. The third-order valence-electron chi connectivity index (χ3n) is 5.24. The van der Waals surface area contributed by atoms with Gasteiger partial charge in [0.2, 0.25) is 5.91 Å². The first-order valence-electron chi connectivity index (χ1n) is 11.0. The Hall–Kier alpha value is -2.34. The quantitative estimate of drug-likeness (QED) is 0.511. The van der Waals surface area contributed by atoms with Crippen LogP contribution in [0, 0.1) is 6.92 Å². The number of hydrogen-bond acceptors (Lipinski definition) is 3. The highest BCUT2D eigenvalue weighted by atomic mass is 79.9. The molecule has 0 saturated carbocycles. The second kappa shape index (κ2) is 11.0. The maximum Gasteiger partial charge on any atom is 0.261 e. The van der Waals surface area contributed by atoms with Crippen LogP contribution in [0.2, 0.25) is 0 Å². The lowest BCUT2D eigenvalue weighted by atomic mass is 10.0. The van der Waals surface area contributed by atoms with E-state index in [1.807, 2.05) is 70.2 Å². The number of ether oxygens (including phenoxy) is 1. The van der Waals surface area contributed by atoms with Crippen molar-refractivity contribution in [3.05, 3.63) is 63.6 Å². The number of nitrogens with zero attached hydrogens (tertiary/aromatic N) is 1. The Labute approximate surface area is 200 Å². The number of amides is 2. The van der Waals surface area contributed by atoms with Crippen LogP contribution < -0.4 is 10.1 Å². The summed E-state index contributed by atoms with van der Waals surface area (Å²) in [6, 6.07) is 13.1. The van der Waals surface area contributed by atoms with Gasteiger partial charge in [0.05, 0.1) is 4.47 Å². The molecule has 2 amide bonds. The molecule has 5 nitrogen and oxygen atoms in total. The molecule has 6 heteroatoms. The number of carbonyl (C=O) groups excluding carboxylic acids is 2. The molecule has 0 aliphatic carbocycles. The highest BCUT2D eigenvalue weighted by molar-refractivity contribution is 9.10. The van der Waals surface area contributed by atoms with E-state index in [1.54, 1.807) is 11.8 Å². The van der Waals surface area contributed by atoms with Gasteiger partial charge in [0.25, 0.3) is 5.91 Å². The molecule has 0 radical (unpaired) electrons. The Balaban J connectivity index is 2.21. The molecular formula is C26H35BrN2O3. The van der Waals surface area contributed by atoms with E-state index in [1.165, 1.54) is 5.56 Å². The fraction of sp³-hybridized carbons (Fsp3) is 0.462. The van der Waals surface area contributed by atoms with E-state index in [4.69, 9.17) is 4.74 Å². The zero-order chi connectivity index (χ0) is 24.1. The van der Waals surface area contributed by atoms with Crippen LogP contribution in [0.3, 0.4) is 0 Å². The topological polar surface area (TPSA) is 58.6 Å². The minimum absolute atomic E-state index is 0.154. The summed E-state index contributed by atoms with van der Waals surface area (Å²) in [5.74, 6) is 0.561. The average molecular weight is 503 g/mol.